The van der Waals surface area contributed by atoms with Crippen molar-refractivity contribution in [2.24, 2.45) is 5.92 Å². The van der Waals surface area contributed by atoms with Crippen molar-refractivity contribution in [3.8, 4) is 11.9 Å². The smallest absolute Gasteiger partial charge is 0.231 e. The van der Waals surface area contributed by atoms with E-state index in [0.29, 0.717) is 56.0 Å². The van der Waals surface area contributed by atoms with Gasteiger partial charge in [-0.3, -0.25) is 9.59 Å². The number of methoxy groups -OCH3 is 1. The van der Waals surface area contributed by atoms with Gasteiger partial charge in [-0.15, -0.1) is 0 Å². The van der Waals surface area contributed by atoms with Gasteiger partial charge >= 0.3 is 0 Å². The maximum absolute atomic E-state index is 13.1. The number of anilines is 1. The third-order valence-corrected chi connectivity index (χ3v) is 7.59. The molecular weight excluding hydrogens is 498 g/mol. The Balaban J connectivity index is 1.26. The highest BCUT2D eigenvalue weighted by atomic mass is 16.5. The Bertz CT molecular complexity index is 1290. The summed E-state index contributed by atoms with van der Waals surface area (Å²) in [5, 5.41) is 9.44. The molecule has 2 saturated heterocycles. The quantitative estimate of drug-likeness (QED) is 0.548. The topological polar surface area (TPSA) is 108 Å². The number of aromatic nitrogens is 1. The van der Waals surface area contributed by atoms with Crippen LogP contribution in [0.3, 0.4) is 0 Å². The van der Waals surface area contributed by atoms with Crippen molar-refractivity contribution in [3.63, 3.8) is 0 Å². The maximum Gasteiger partial charge on any atom is 0.231 e. The highest BCUT2D eigenvalue weighted by Crippen LogP contribution is 2.33. The van der Waals surface area contributed by atoms with E-state index < -0.39 is 0 Å². The van der Waals surface area contributed by atoms with E-state index >= 15 is 0 Å². The second kappa shape index (κ2) is 11.6. The number of carbonyl (C=O) groups excluding carboxylic acids is 2. The van der Waals surface area contributed by atoms with Crippen molar-refractivity contribution in [1.29, 1.82) is 5.26 Å². The Morgan fingerprint density at radius 1 is 1.18 bits per heavy atom. The molecule has 4 aliphatic rings. The van der Waals surface area contributed by atoms with Crippen molar-refractivity contribution < 1.29 is 23.8 Å². The van der Waals surface area contributed by atoms with Gasteiger partial charge in [0.2, 0.25) is 17.7 Å². The summed E-state index contributed by atoms with van der Waals surface area (Å²) in [7, 11) is 1.48. The molecule has 2 fully saturated rings. The molecule has 0 spiro atoms. The highest BCUT2D eigenvalue weighted by molar-refractivity contribution is 5.80. The van der Waals surface area contributed by atoms with Crippen LogP contribution in [0.1, 0.15) is 44.6 Å². The van der Waals surface area contributed by atoms with E-state index in [1.165, 1.54) is 7.11 Å². The molecular formula is C29H33N5O5. The van der Waals surface area contributed by atoms with Gasteiger partial charge in [0.1, 0.15) is 35.5 Å². The van der Waals surface area contributed by atoms with E-state index in [2.05, 4.69) is 17.1 Å². The average molecular weight is 532 g/mol. The predicted octanol–water partition coefficient (Wildman–Crippen LogP) is 3.59. The molecule has 5 rings (SSSR count). The largest absolute Gasteiger partial charge is 0.488 e. The first-order valence-electron chi connectivity index (χ1n) is 13.4. The summed E-state index contributed by atoms with van der Waals surface area (Å²) in [6.45, 7) is 4.09. The lowest BCUT2D eigenvalue weighted by atomic mass is 9.95. The minimum atomic E-state index is -0.0983. The highest BCUT2D eigenvalue weighted by Gasteiger charge is 2.34. The lowest BCUT2D eigenvalue weighted by molar-refractivity contribution is -0.139. The number of rotatable bonds is 6. The fraction of sp³-hybridized carbons (Fsp3) is 0.448. The lowest BCUT2D eigenvalue weighted by Gasteiger charge is -2.32. The zero-order chi connectivity index (χ0) is 27.4. The first-order valence-corrected chi connectivity index (χ1v) is 13.4. The van der Waals surface area contributed by atoms with E-state index in [-0.39, 0.29) is 29.7 Å². The number of nitrogens with zero attached hydrogens (tertiary/aromatic N) is 5. The summed E-state index contributed by atoms with van der Waals surface area (Å²) < 4.78 is 17.5. The van der Waals surface area contributed by atoms with Crippen LogP contribution in [0.2, 0.25) is 0 Å². The van der Waals surface area contributed by atoms with Crippen LogP contribution in [0.25, 0.3) is 0 Å². The third kappa shape index (κ3) is 5.77. The number of pyridine rings is 1. The number of allylic oxidation sites excluding steroid dienone is 3. The molecule has 0 N–H and O–H groups in total. The number of likely N-dealkylation sites (tertiary alicyclic amines) is 2. The number of nitriles is 1. The van der Waals surface area contributed by atoms with Gasteiger partial charge in [0.15, 0.2) is 0 Å². The molecule has 0 radical (unpaired) electrons. The van der Waals surface area contributed by atoms with Crippen LogP contribution in [-0.2, 0) is 19.1 Å². The van der Waals surface area contributed by atoms with Crippen molar-refractivity contribution in [2.45, 2.75) is 45.1 Å². The Labute approximate surface area is 228 Å². The third-order valence-electron chi connectivity index (χ3n) is 7.59. The first kappa shape index (κ1) is 26.4. The molecule has 0 unspecified atom stereocenters. The molecule has 0 bridgehead atoms. The first-order chi connectivity index (χ1) is 19.0. The van der Waals surface area contributed by atoms with Crippen LogP contribution < -0.4 is 9.64 Å². The van der Waals surface area contributed by atoms with Crippen LogP contribution >= 0.6 is 0 Å². The SMILES string of the molecule is COc1ncc(N2C=COC(C3=C(O[C@H]4CCN(C(=O)C5CCN(C(C)=O)CC5)C4)C=CCC3)=C2)cc1C#N. The summed E-state index contributed by atoms with van der Waals surface area (Å²) in [5.41, 5.74) is 2.01. The molecule has 204 valence electrons. The van der Waals surface area contributed by atoms with Crippen molar-refractivity contribution >= 4 is 17.5 Å². The van der Waals surface area contributed by atoms with Crippen LogP contribution in [-0.4, -0.2) is 66.0 Å². The fourth-order valence-corrected chi connectivity index (χ4v) is 5.40. The number of piperidine rings is 1. The van der Waals surface area contributed by atoms with Gasteiger partial charge in [-0.05, 0) is 37.8 Å². The molecule has 0 saturated carbocycles. The van der Waals surface area contributed by atoms with Crippen molar-refractivity contribution in [2.75, 3.05) is 38.2 Å². The van der Waals surface area contributed by atoms with Gasteiger partial charge in [-0.25, -0.2) is 4.98 Å². The summed E-state index contributed by atoms with van der Waals surface area (Å²) in [6, 6.07) is 3.83. The predicted molar refractivity (Wildman–Crippen MR) is 143 cm³/mol. The normalized spacial score (nSPS) is 21.4. The van der Waals surface area contributed by atoms with Gasteiger partial charge in [-0.1, -0.05) is 6.08 Å². The second-order valence-electron chi connectivity index (χ2n) is 10.0. The summed E-state index contributed by atoms with van der Waals surface area (Å²) >= 11 is 0. The monoisotopic (exact) mass is 531 g/mol. The molecule has 39 heavy (non-hydrogen) atoms. The number of hydrogen-bond acceptors (Lipinski definition) is 8. The van der Waals surface area contributed by atoms with E-state index in [4.69, 9.17) is 14.2 Å². The van der Waals surface area contributed by atoms with Gasteiger partial charge in [-0.2, -0.15) is 5.26 Å². The van der Waals surface area contributed by atoms with Gasteiger partial charge < -0.3 is 28.9 Å². The van der Waals surface area contributed by atoms with E-state index in [1.807, 2.05) is 27.0 Å². The Hall–Kier alpha value is -4.26. The molecule has 2 amide bonds. The molecule has 10 heteroatoms. The summed E-state index contributed by atoms with van der Waals surface area (Å²) in [6.07, 6.45) is 14.7. The summed E-state index contributed by atoms with van der Waals surface area (Å²) in [4.78, 5) is 34.6. The van der Waals surface area contributed by atoms with E-state index in [0.717, 1.165) is 30.6 Å². The van der Waals surface area contributed by atoms with Crippen molar-refractivity contribution in [3.05, 3.63) is 65.7 Å². The molecule has 0 aromatic carbocycles. The standard InChI is InChI=1S/C29H33N5O5/c1-20(35)32-10-7-21(8-11-32)29(36)34-12-9-24(18-34)39-26-6-4-3-5-25(26)27-19-33(13-14-38-27)23-15-22(16-30)28(37-2)31-17-23/h4,6,13-15,17,19,21,24H,3,5,7-12,18H2,1-2H3/t24-/m0/s1. The lowest BCUT2D eigenvalue weighted by Crippen LogP contribution is -2.43. The van der Waals surface area contributed by atoms with E-state index in [1.54, 1.807) is 31.6 Å². The zero-order valence-corrected chi connectivity index (χ0v) is 22.3. The van der Waals surface area contributed by atoms with Crippen LogP contribution in [0.5, 0.6) is 5.88 Å². The molecule has 1 atom stereocenters. The number of hydrogen-bond donors (Lipinski definition) is 0. The zero-order valence-electron chi connectivity index (χ0n) is 22.3. The fourth-order valence-electron chi connectivity index (χ4n) is 5.40. The molecule has 4 heterocycles. The average Bonchev–Trinajstić information content (AvgIpc) is 3.45. The van der Waals surface area contributed by atoms with Crippen molar-refractivity contribution in [1.82, 2.24) is 14.8 Å². The van der Waals surface area contributed by atoms with Crippen LogP contribution in [0, 0.1) is 17.2 Å². The number of ether oxygens (including phenoxy) is 3. The maximum atomic E-state index is 13.1. The molecule has 10 nitrogen and oxygen atoms in total. The Morgan fingerprint density at radius 3 is 2.72 bits per heavy atom. The van der Waals surface area contributed by atoms with Gasteiger partial charge in [0.05, 0.1) is 31.7 Å². The number of amides is 2. The Kier molecular flexibility index (Phi) is 7.87. The molecule has 3 aliphatic heterocycles. The second-order valence-corrected chi connectivity index (χ2v) is 10.0. The molecule has 1 aliphatic carbocycles. The number of carbonyl (C=O) groups is 2. The molecule has 1 aromatic heterocycles. The van der Waals surface area contributed by atoms with Crippen LogP contribution in [0.4, 0.5) is 5.69 Å². The minimum absolute atomic E-state index is 0.0312. The van der Waals surface area contributed by atoms with Crippen LogP contribution in [0.15, 0.2) is 60.2 Å². The molecule has 1 aromatic rings. The van der Waals surface area contributed by atoms with Gasteiger partial charge in [0.25, 0.3) is 0 Å². The minimum Gasteiger partial charge on any atom is -0.488 e. The summed E-state index contributed by atoms with van der Waals surface area (Å²) in [5.74, 6) is 1.90. The van der Waals surface area contributed by atoms with E-state index in [9.17, 15) is 14.9 Å². The Morgan fingerprint density at radius 2 is 1.97 bits per heavy atom. The van der Waals surface area contributed by atoms with Gasteiger partial charge in [0, 0.05) is 50.7 Å².